The molecule has 0 aliphatic carbocycles. The fourth-order valence-corrected chi connectivity index (χ4v) is 4.04. The topological polar surface area (TPSA) is 80.7 Å². The number of carbonyl (C=O) groups is 1. The van der Waals surface area contributed by atoms with Crippen LogP contribution in [-0.4, -0.2) is 18.9 Å². The Hall–Kier alpha value is -3.67. The number of hydrogen-bond donors (Lipinski definition) is 0. The van der Waals surface area contributed by atoms with Crippen molar-refractivity contribution in [3.8, 4) is 0 Å². The predicted molar refractivity (Wildman–Crippen MR) is 135 cm³/mol. The third-order valence-electron chi connectivity index (χ3n) is 6.03. The van der Waals surface area contributed by atoms with Crippen LogP contribution in [0.25, 0.3) is 21.9 Å². The largest absolute Gasteiger partial charge is 0.422 e. The Morgan fingerprint density at radius 1 is 0.765 bits per heavy atom. The monoisotopic (exact) mass is 459 g/mol. The first-order chi connectivity index (χ1) is 16.4. The van der Waals surface area contributed by atoms with Gasteiger partial charge in [0.1, 0.15) is 22.3 Å². The molecule has 6 heteroatoms. The van der Waals surface area contributed by atoms with Gasteiger partial charge in [0.05, 0.1) is 0 Å². The van der Waals surface area contributed by atoms with Gasteiger partial charge in [-0.25, -0.2) is 9.59 Å². The maximum atomic E-state index is 13.1. The van der Waals surface area contributed by atoms with Crippen LogP contribution in [-0.2, 0) is 0 Å². The normalized spacial score (nSPS) is 11.3. The second-order valence-corrected chi connectivity index (χ2v) is 8.68. The van der Waals surface area contributed by atoms with Crippen molar-refractivity contribution in [2.45, 2.75) is 46.5 Å². The molecule has 0 unspecified atom stereocenters. The molecule has 0 saturated carbocycles. The number of aryl methyl sites for hydroxylation is 1. The van der Waals surface area contributed by atoms with Crippen LogP contribution in [0.1, 0.15) is 61.0 Å². The SMILES string of the molecule is CCCCN(CCCC)c1ccc2cc(C(=O)c3cc4ccc(C)cc4oc3=O)c(=O)oc2c1. The number of fused-ring (bicyclic) bond motifs is 2. The molecule has 0 saturated heterocycles. The molecule has 0 N–H and O–H groups in total. The zero-order chi connectivity index (χ0) is 24.2. The highest BCUT2D eigenvalue weighted by Gasteiger charge is 2.21. The molecule has 4 rings (SSSR count). The Labute approximate surface area is 197 Å². The number of carbonyl (C=O) groups excluding carboxylic acids is 1. The van der Waals surface area contributed by atoms with Crippen LogP contribution in [0.2, 0.25) is 0 Å². The third-order valence-corrected chi connectivity index (χ3v) is 6.03. The van der Waals surface area contributed by atoms with Crippen LogP contribution in [0, 0.1) is 6.92 Å². The number of anilines is 1. The minimum atomic E-state index is -0.777. The van der Waals surface area contributed by atoms with Gasteiger partial charge in [-0.15, -0.1) is 0 Å². The Kier molecular flexibility index (Phi) is 6.96. The van der Waals surface area contributed by atoms with E-state index in [1.165, 1.54) is 12.1 Å². The van der Waals surface area contributed by atoms with E-state index in [4.69, 9.17) is 8.83 Å². The van der Waals surface area contributed by atoms with E-state index >= 15 is 0 Å². The van der Waals surface area contributed by atoms with Gasteiger partial charge in [-0.3, -0.25) is 4.79 Å². The molecule has 0 bridgehead atoms. The van der Waals surface area contributed by atoms with E-state index in [1.54, 1.807) is 12.1 Å². The highest BCUT2D eigenvalue weighted by atomic mass is 16.4. The summed E-state index contributed by atoms with van der Waals surface area (Å²) in [4.78, 5) is 40.7. The summed E-state index contributed by atoms with van der Waals surface area (Å²) >= 11 is 0. The summed E-state index contributed by atoms with van der Waals surface area (Å²) in [5.41, 5.74) is 0.813. The van der Waals surface area contributed by atoms with Crippen molar-refractivity contribution in [3.05, 3.63) is 86.1 Å². The van der Waals surface area contributed by atoms with Gasteiger partial charge < -0.3 is 13.7 Å². The average molecular weight is 460 g/mol. The maximum Gasteiger partial charge on any atom is 0.347 e. The summed E-state index contributed by atoms with van der Waals surface area (Å²) in [5.74, 6) is -0.705. The second-order valence-electron chi connectivity index (χ2n) is 8.68. The molecule has 0 amide bonds. The number of benzene rings is 2. The van der Waals surface area contributed by atoms with E-state index in [9.17, 15) is 14.4 Å². The number of ketones is 1. The third kappa shape index (κ3) is 4.81. The summed E-state index contributed by atoms with van der Waals surface area (Å²) in [6, 6.07) is 14.0. The lowest BCUT2D eigenvalue weighted by Gasteiger charge is -2.24. The molecular formula is C28H29NO5. The first kappa shape index (κ1) is 23.5. The van der Waals surface area contributed by atoms with Gasteiger partial charge in [-0.05, 0) is 55.7 Å². The molecule has 2 aromatic heterocycles. The zero-order valence-corrected chi connectivity index (χ0v) is 19.8. The molecule has 0 aliphatic heterocycles. The first-order valence-electron chi connectivity index (χ1n) is 11.8. The average Bonchev–Trinajstić information content (AvgIpc) is 2.82. The Morgan fingerprint density at radius 3 is 1.85 bits per heavy atom. The molecule has 2 aromatic carbocycles. The van der Waals surface area contributed by atoms with E-state index in [-0.39, 0.29) is 11.1 Å². The van der Waals surface area contributed by atoms with E-state index in [0.29, 0.717) is 21.9 Å². The van der Waals surface area contributed by atoms with Gasteiger partial charge in [-0.2, -0.15) is 0 Å². The van der Waals surface area contributed by atoms with Crippen molar-refractivity contribution in [2.24, 2.45) is 0 Å². The molecule has 0 aliphatic rings. The predicted octanol–water partition coefficient (Wildman–Crippen LogP) is 5.85. The van der Waals surface area contributed by atoms with Gasteiger partial charge in [0.25, 0.3) is 0 Å². The van der Waals surface area contributed by atoms with Crippen molar-refractivity contribution < 1.29 is 13.6 Å². The van der Waals surface area contributed by atoms with Gasteiger partial charge in [0.2, 0.25) is 5.78 Å². The lowest BCUT2D eigenvalue weighted by atomic mass is 10.0. The van der Waals surface area contributed by atoms with Crippen molar-refractivity contribution in [2.75, 3.05) is 18.0 Å². The molecule has 6 nitrogen and oxygen atoms in total. The molecule has 34 heavy (non-hydrogen) atoms. The zero-order valence-electron chi connectivity index (χ0n) is 19.8. The summed E-state index contributed by atoms with van der Waals surface area (Å²) in [6.07, 6.45) is 4.35. The van der Waals surface area contributed by atoms with E-state index in [2.05, 4.69) is 18.7 Å². The molecule has 0 fully saturated rings. The molecule has 0 atom stereocenters. The molecule has 0 radical (unpaired) electrons. The van der Waals surface area contributed by atoms with Gasteiger partial charge in [0.15, 0.2) is 0 Å². The van der Waals surface area contributed by atoms with Crippen LogP contribution >= 0.6 is 0 Å². The van der Waals surface area contributed by atoms with E-state index < -0.39 is 17.0 Å². The summed E-state index contributed by atoms with van der Waals surface area (Å²) in [7, 11) is 0. The molecule has 176 valence electrons. The van der Waals surface area contributed by atoms with E-state index in [0.717, 1.165) is 50.0 Å². The van der Waals surface area contributed by atoms with Crippen LogP contribution in [0.15, 0.2) is 67.0 Å². The second kappa shape index (κ2) is 10.1. The smallest absolute Gasteiger partial charge is 0.347 e. The van der Waals surface area contributed by atoms with Gasteiger partial charge in [-0.1, -0.05) is 38.8 Å². The fourth-order valence-electron chi connectivity index (χ4n) is 4.04. The molecule has 2 heterocycles. The van der Waals surface area contributed by atoms with Crippen LogP contribution in [0.4, 0.5) is 5.69 Å². The summed E-state index contributed by atoms with van der Waals surface area (Å²) in [5, 5.41) is 1.24. The maximum absolute atomic E-state index is 13.1. The summed E-state index contributed by atoms with van der Waals surface area (Å²) in [6.45, 7) is 8.07. The fraction of sp³-hybridized carbons (Fsp3) is 0.321. The number of hydrogen-bond acceptors (Lipinski definition) is 6. The van der Waals surface area contributed by atoms with Crippen LogP contribution in [0.3, 0.4) is 0 Å². The standard InChI is InChI=1S/C28H29NO5/c1-4-6-12-29(13-7-5-2)21-11-10-20-16-23(28(32)34-25(20)17-21)26(30)22-15-19-9-8-18(3)14-24(19)33-27(22)31/h8-11,14-17H,4-7,12-13H2,1-3H3. The summed E-state index contributed by atoms with van der Waals surface area (Å²) < 4.78 is 10.9. The molecule has 0 spiro atoms. The quantitative estimate of drug-likeness (QED) is 0.231. The highest BCUT2D eigenvalue weighted by molar-refractivity contribution is 6.10. The van der Waals surface area contributed by atoms with Crippen LogP contribution < -0.4 is 16.2 Å². The Bertz CT molecular complexity index is 1460. The minimum Gasteiger partial charge on any atom is -0.422 e. The first-order valence-corrected chi connectivity index (χ1v) is 11.8. The lowest BCUT2D eigenvalue weighted by Crippen LogP contribution is -2.25. The van der Waals surface area contributed by atoms with Crippen molar-refractivity contribution in [3.63, 3.8) is 0 Å². The minimum absolute atomic E-state index is 0.187. The number of nitrogens with zero attached hydrogens (tertiary/aromatic N) is 1. The van der Waals surface area contributed by atoms with Gasteiger partial charge in [0, 0.05) is 35.6 Å². The van der Waals surface area contributed by atoms with Gasteiger partial charge >= 0.3 is 11.3 Å². The van der Waals surface area contributed by atoms with Crippen molar-refractivity contribution in [1.29, 1.82) is 0 Å². The van der Waals surface area contributed by atoms with E-state index in [1.807, 2.05) is 31.2 Å². The van der Waals surface area contributed by atoms with Crippen LogP contribution in [0.5, 0.6) is 0 Å². The van der Waals surface area contributed by atoms with Crippen molar-refractivity contribution >= 4 is 33.4 Å². The Morgan fingerprint density at radius 2 is 1.29 bits per heavy atom. The molecule has 4 aromatic rings. The lowest BCUT2D eigenvalue weighted by molar-refractivity contribution is 0.103. The number of unbranched alkanes of at least 4 members (excludes halogenated alkanes) is 2. The molecular weight excluding hydrogens is 430 g/mol. The highest BCUT2D eigenvalue weighted by Crippen LogP contribution is 2.24. The Balaban J connectivity index is 1.71. The number of rotatable bonds is 9. The van der Waals surface area contributed by atoms with Crippen molar-refractivity contribution in [1.82, 2.24) is 0 Å².